The fourth-order valence-corrected chi connectivity index (χ4v) is 4.28. The maximum Gasteiger partial charge on any atom is 0.416 e. The van der Waals surface area contributed by atoms with Crippen molar-refractivity contribution in [1.29, 1.82) is 0 Å². The zero-order valence-electron chi connectivity index (χ0n) is 15.8. The average molecular weight is 424 g/mol. The number of alkyl halides is 3. The molecule has 2 N–H and O–H groups in total. The number of hydrogen-bond donors (Lipinski definition) is 2. The number of halogens is 3. The van der Waals surface area contributed by atoms with E-state index in [1.807, 2.05) is 11.4 Å². The van der Waals surface area contributed by atoms with Crippen molar-refractivity contribution >= 4 is 23.2 Å². The van der Waals surface area contributed by atoms with Crippen molar-refractivity contribution in [3.63, 3.8) is 0 Å². The highest BCUT2D eigenvalue weighted by Gasteiger charge is 2.37. The molecule has 1 saturated heterocycles. The van der Waals surface area contributed by atoms with Crippen LogP contribution in [-0.2, 0) is 28.6 Å². The van der Waals surface area contributed by atoms with Crippen LogP contribution >= 0.6 is 11.3 Å². The summed E-state index contributed by atoms with van der Waals surface area (Å²) in [6.07, 6.45) is -1.15. The average Bonchev–Trinajstić information content (AvgIpc) is 3.30. The van der Waals surface area contributed by atoms with Crippen LogP contribution in [-0.4, -0.2) is 23.9 Å². The van der Waals surface area contributed by atoms with E-state index in [0.29, 0.717) is 38.6 Å². The second-order valence-electron chi connectivity index (χ2n) is 7.43. The summed E-state index contributed by atoms with van der Waals surface area (Å²) in [5, 5.41) is 9.92. The lowest BCUT2D eigenvalue weighted by Crippen LogP contribution is -2.44. The topological polar surface area (TPSA) is 58.2 Å². The maximum absolute atomic E-state index is 12.6. The van der Waals surface area contributed by atoms with E-state index < -0.39 is 11.7 Å². The zero-order chi connectivity index (χ0) is 20.9. The normalized spacial score (nSPS) is 19.2. The molecule has 0 spiro atoms. The molecule has 29 heavy (non-hydrogen) atoms. The molecule has 2 amide bonds. The Morgan fingerprint density at radius 2 is 1.93 bits per heavy atom. The van der Waals surface area contributed by atoms with E-state index in [-0.39, 0.29) is 23.8 Å². The largest absolute Gasteiger partial charge is 0.416 e. The first-order chi connectivity index (χ1) is 13.8. The van der Waals surface area contributed by atoms with Crippen LogP contribution in [0.2, 0.25) is 0 Å². The second kappa shape index (κ2) is 8.98. The summed E-state index contributed by atoms with van der Waals surface area (Å²) < 4.78 is 37.7. The molecule has 8 heteroatoms. The number of rotatable bonds is 8. The van der Waals surface area contributed by atoms with Crippen LogP contribution in [0, 0.1) is 0 Å². The number of carbonyl (C=O) groups excluding carboxylic acids is 2. The summed E-state index contributed by atoms with van der Waals surface area (Å²) in [5.41, 5.74) is 0.818. The van der Waals surface area contributed by atoms with Gasteiger partial charge < -0.3 is 10.6 Å². The molecule has 1 aliphatic rings. The molecular formula is C21H23F3N2O2S. The van der Waals surface area contributed by atoms with Crippen molar-refractivity contribution in [3.8, 4) is 0 Å². The van der Waals surface area contributed by atoms with Gasteiger partial charge in [0, 0.05) is 24.9 Å². The Morgan fingerprint density at radius 1 is 1.17 bits per heavy atom. The first-order valence-corrected chi connectivity index (χ1v) is 10.4. The summed E-state index contributed by atoms with van der Waals surface area (Å²) in [5.74, 6) is -0.106. The van der Waals surface area contributed by atoms with E-state index in [2.05, 4.69) is 16.0 Å². The van der Waals surface area contributed by atoms with Crippen molar-refractivity contribution < 1.29 is 22.8 Å². The van der Waals surface area contributed by atoms with Crippen LogP contribution in [0.4, 0.5) is 13.2 Å². The third kappa shape index (κ3) is 6.06. The van der Waals surface area contributed by atoms with E-state index in [9.17, 15) is 22.8 Å². The number of thiophene rings is 1. The van der Waals surface area contributed by atoms with Crippen molar-refractivity contribution in [2.75, 3.05) is 6.54 Å². The van der Waals surface area contributed by atoms with Crippen molar-refractivity contribution in [2.24, 2.45) is 0 Å². The van der Waals surface area contributed by atoms with Crippen LogP contribution < -0.4 is 10.6 Å². The highest BCUT2D eigenvalue weighted by molar-refractivity contribution is 7.07. The van der Waals surface area contributed by atoms with Crippen molar-refractivity contribution in [1.82, 2.24) is 10.6 Å². The predicted octanol–water partition coefficient (Wildman–Crippen LogP) is 4.10. The van der Waals surface area contributed by atoms with Gasteiger partial charge in [-0.3, -0.25) is 9.59 Å². The number of nitrogens with one attached hydrogen (secondary N) is 2. The Hall–Kier alpha value is -2.35. The minimum Gasteiger partial charge on any atom is -0.356 e. The Morgan fingerprint density at radius 3 is 2.52 bits per heavy atom. The van der Waals surface area contributed by atoms with E-state index in [4.69, 9.17) is 0 Å². The van der Waals surface area contributed by atoms with Gasteiger partial charge in [0.05, 0.1) is 5.56 Å². The van der Waals surface area contributed by atoms with Gasteiger partial charge in [0.1, 0.15) is 0 Å². The van der Waals surface area contributed by atoms with Gasteiger partial charge >= 0.3 is 6.18 Å². The summed E-state index contributed by atoms with van der Waals surface area (Å²) >= 11 is 1.60. The quantitative estimate of drug-likeness (QED) is 0.671. The molecule has 4 nitrogen and oxygen atoms in total. The summed E-state index contributed by atoms with van der Waals surface area (Å²) in [6, 6.07) is 6.99. The lowest BCUT2D eigenvalue weighted by molar-refractivity contribution is -0.137. The molecule has 1 aliphatic heterocycles. The van der Waals surface area contributed by atoms with E-state index in [1.165, 1.54) is 12.1 Å². The van der Waals surface area contributed by atoms with Gasteiger partial charge in [-0.25, -0.2) is 0 Å². The third-order valence-electron chi connectivity index (χ3n) is 5.21. The van der Waals surface area contributed by atoms with E-state index >= 15 is 0 Å². The molecule has 0 radical (unpaired) electrons. The zero-order valence-corrected chi connectivity index (χ0v) is 16.7. The van der Waals surface area contributed by atoms with Gasteiger partial charge in [0.2, 0.25) is 11.8 Å². The number of benzene rings is 1. The van der Waals surface area contributed by atoms with Crippen LogP contribution in [0.1, 0.15) is 42.4 Å². The van der Waals surface area contributed by atoms with E-state index in [1.54, 1.807) is 11.3 Å². The van der Waals surface area contributed by atoms with Crippen LogP contribution in [0.15, 0.2) is 41.1 Å². The van der Waals surface area contributed by atoms with Crippen LogP contribution in [0.5, 0.6) is 0 Å². The lowest BCUT2D eigenvalue weighted by atomic mass is 9.85. The molecule has 1 fully saturated rings. The Bertz CT molecular complexity index is 835. The van der Waals surface area contributed by atoms with Gasteiger partial charge in [-0.05, 0) is 65.8 Å². The Balaban J connectivity index is 1.45. The number of amides is 2. The molecule has 0 saturated carbocycles. The van der Waals surface area contributed by atoms with Crippen molar-refractivity contribution in [3.05, 3.63) is 57.8 Å². The molecule has 1 atom stereocenters. The molecule has 2 heterocycles. The van der Waals surface area contributed by atoms with Crippen molar-refractivity contribution in [2.45, 2.75) is 50.2 Å². The maximum atomic E-state index is 12.6. The van der Waals surface area contributed by atoms with Gasteiger partial charge in [-0.1, -0.05) is 12.1 Å². The van der Waals surface area contributed by atoms with Gasteiger partial charge in [0.15, 0.2) is 0 Å². The molecular weight excluding hydrogens is 401 g/mol. The monoisotopic (exact) mass is 424 g/mol. The number of carbonyl (C=O) groups is 2. The van der Waals surface area contributed by atoms with E-state index in [0.717, 1.165) is 23.3 Å². The molecule has 1 unspecified atom stereocenters. The smallest absolute Gasteiger partial charge is 0.356 e. The summed E-state index contributed by atoms with van der Waals surface area (Å²) in [6.45, 7) is 0.355. The minimum atomic E-state index is -4.35. The van der Waals surface area contributed by atoms with Gasteiger partial charge in [0.25, 0.3) is 0 Å². The third-order valence-corrected chi connectivity index (χ3v) is 5.94. The SMILES string of the molecule is O=C(CCC1(Cc2ccsc2)CCC(=O)N1)NCCc1ccc(C(F)(F)F)cc1. The summed E-state index contributed by atoms with van der Waals surface area (Å²) in [7, 11) is 0. The minimum absolute atomic E-state index is 0.0166. The van der Waals surface area contributed by atoms with Crippen LogP contribution in [0.25, 0.3) is 0 Å². The highest BCUT2D eigenvalue weighted by atomic mass is 32.1. The molecule has 1 aromatic carbocycles. The highest BCUT2D eigenvalue weighted by Crippen LogP contribution is 2.30. The lowest BCUT2D eigenvalue weighted by Gasteiger charge is -2.29. The molecule has 0 aliphatic carbocycles. The predicted molar refractivity (Wildman–Crippen MR) is 106 cm³/mol. The first-order valence-electron chi connectivity index (χ1n) is 9.51. The molecule has 3 rings (SSSR count). The summed E-state index contributed by atoms with van der Waals surface area (Å²) in [4.78, 5) is 24.0. The standard InChI is InChI=1S/C21H23F3N2O2S/c22-21(23,24)17-3-1-15(2-4-17)7-11-25-18(27)5-9-20(10-6-19(28)26-20)13-16-8-12-29-14-16/h1-4,8,12,14H,5-7,9-11,13H2,(H,25,27)(H,26,28). The molecule has 1 aromatic heterocycles. The Labute approximate surface area is 171 Å². The second-order valence-corrected chi connectivity index (χ2v) is 8.21. The fourth-order valence-electron chi connectivity index (χ4n) is 3.61. The van der Waals surface area contributed by atoms with Gasteiger partial charge in [-0.15, -0.1) is 0 Å². The molecule has 0 bridgehead atoms. The molecule has 2 aromatic rings. The number of hydrogen-bond acceptors (Lipinski definition) is 3. The first kappa shape index (κ1) is 21.4. The van der Waals surface area contributed by atoms with Gasteiger partial charge in [-0.2, -0.15) is 24.5 Å². The Kier molecular flexibility index (Phi) is 6.62. The fraction of sp³-hybridized carbons (Fsp3) is 0.429. The van der Waals surface area contributed by atoms with Crippen LogP contribution in [0.3, 0.4) is 0 Å². The molecule has 156 valence electrons.